The number of rotatable bonds is 4. The quantitative estimate of drug-likeness (QED) is 0.794. The third-order valence-corrected chi connectivity index (χ3v) is 3.98. The van der Waals surface area contributed by atoms with Crippen LogP contribution in [0.2, 0.25) is 0 Å². The van der Waals surface area contributed by atoms with Gasteiger partial charge in [-0.3, -0.25) is 4.40 Å². The highest BCUT2D eigenvalue weighted by molar-refractivity contribution is 9.10. The average Bonchev–Trinajstić information content (AvgIpc) is 2.97. The van der Waals surface area contributed by atoms with Gasteiger partial charge in [0.1, 0.15) is 12.4 Å². The Balaban J connectivity index is 1.77. The molecule has 19 heavy (non-hydrogen) atoms. The van der Waals surface area contributed by atoms with Crippen molar-refractivity contribution in [1.82, 2.24) is 9.38 Å². The topological polar surface area (TPSA) is 46.8 Å². The average molecular weight is 339 g/mol. The first-order valence-electron chi connectivity index (χ1n) is 5.69. The van der Waals surface area contributed by atoms with Crippen LogP contribution in [-0.2, 0) is 13.2 Å². The Kier molecular flexibility index (Phi) is 3.54. The van der Waals surface area contributed by atoms with Gasteiger partial charge in [-0.05, 0) is 18.2 Å². The standard InChI is InChI=1S/C13H11BrN2O2S/c14-10-1-2-12(9(5-10)7-17)18-8-11-6-16-3-4-19-13(16)15-11/h1-6,17H,7-8H2. The van der Waals surface area contributed by atoms with Crippen LogP contribution in [0.4, 0.5) is 0 Å². The van der Waals surface area contributed by atoms with E-state index in [9.17, 15) is 5.11 Å². The van der Waals surface area contributed by atoms with E-state index >= 15 is 0 Å². The number of ether oxygens (including phenoxy) is 1. The monoisotopic (exact) mass is 338 g/mol. The van der Waals surface area contributed by atoms with Crippen LogP contribution >= 0.6 is 27.3 Å². The van der Waals surface area contributed by atoms with E-state index in [0.717, 1.165) is 20.7 Å². The van der Waals surface area contributed by atoms with Crippen LogP contribution in [0.3, 0.4) is 0 Å². The summed E-state index contributed by atoms with van der Waals surface area (Å²) in [6.07, 6.45) is 3.92. The number of aliphatic hydroxyl groups excluding tert-OH is 1. The van der Waals surface area contributed by atoms with Crippen LogP contribution in [0, 0.1) is 0 Å². The van der Waals surface area contributed by atoms with Crippen molar-refractivity contribution in [2.45, 2.75) is 13.2 Å². The molecule has 0 amide bonds. The van der Waals surface area contributed by atoms with Crippen LogP contribution in [-0.4, -0.2) is 14.5 Å². The number of imidazole rings is 1. The molecule has 0 radical (unpaired) electrons. The van der Waals surface area contributed by atoms with Gasteiger partial charge in [0.15, 0.2) is 4.96 Å². The van der Waals surface area contributed by atoms with E-state index in [1.807, 2.05) is 40.4 Å². The molecule has 0 saturated heterocycles. The van der Waals surface area contributed by atoms with Crippen molar-refractivity contribution < 1.29 is 9.84 Å². The van der Waals surface area contributed by atoms with E-state index in [2.05, 4.69) is 20.9 Å². The van der Waals surface area contributed by atoms with Gasteiger partial charge in [-0.15, -0.1) is 11.3 Å². The molecule has 0 fully saturated rings. The molecule has 0 spiro atoms. The number of thiazole rings is 1. The lowest BCUT2D eigenvalue weighted by molar-refractivity contribution is 0.257. The Labute approximate surface area is 122 Å². The second-order valence-electron chi connectivity index (χ2n) is 4.02. The maximum Gasteiger partial charge on any atom is 0.193 e. The van der Waals surface area contributed by atoms with E-state index in [1.54, 1.807) is 11.3 Å². The fourth-order valence-corrected chi connectivity index (χ4v) is 2.94. The Hall–Kier alpha value is -1.37. The summed E-state index contributed by atoms with van der Waals surface area (Å²) in [4.78, 5) is 5.40. The van der Waals surface area contributed by atoms with Crippen molar-refractivity contribution in [3.63, 3.8) is 0 Å². The second kappa shape index (κ2) is 5.32. The molecule has 3 aromatic rings. The van der Waals surface area contributed by atoms with Gasteiger partial charge in [-0.25, -0.2) is 4.98 Å². The minimum absolute atomic E-state index is 0.0486. The summed E-state index contributed by atoms with van der Waals surface area (Å²) in [5.74, 6) is 0.682. The summed E-state index contributed by atoms with van der Waals surface area (Å²) in [6, 6.07) is 5.58. The lowest BCUT2D eigenvalue weighted by Gasteiger charge is -2.09. The SMILES string of the molecule is OCc1cc(Br)ccc1OCc1cn2ccsc2n1. The van der Waals surface area contributed by atoms with E-state index in [-0.39, 0.29) is 6.61 Å². The third kappa shape index (κ3) is 2.65. The number of hydrogen-bond donors (Lipinski definition) is 1. The number of benzene rings is 1. The maximum atomic E-state index is 9.30. The molecular formula is C13H11BrN2O2S. The van der Waals surface area contributed by atoms with Crippen molar-refractivity contribution >= 4 is 32.2 Å². The smallest absolute Gasteiger partial charge is 0.193 e. The number of aliphatic hydroxyl groups is 1. The highest BCUT2D eigenvalue weighted by Gasteiger charge is 2.07. The fraction of sp³-hybridized carbons (Fsp3) is 0.154. The summed E-state index contributed by atoms with van der Waals surface area (Å²) in [6.45, 7) is 0.343. The summed E-state index contributed by atoms with van der Waals surface area (Å²) in [7, 11) is 0. The first kappa shape index (κ1) is 12.7. The summed E-state index contributed by atoms with van der Waals surface area (Å²) in [5, 5.41) is 11.3. The van der Waals surface area contributed by atoms with Gasteiger partial charge in [0.05, 0.1) is 12.3 Å². The van der Waals surface area contributed by atoms with Gasteiger partial charge < -0.3 is 9.84 Å². The Bertz CT molecular complexity index is 679. The number of fused-ring (bicyclic) bond motifs is 1. The van der Waals surface area contributed by atoms with Gasteiger partial charge in [-0.2, -0.15) is 0 Å². The zero-order valence-corrected chi connectivity index (χ0v) is 12.3. The van der Waals surface area contributed by atoms with Crippen LogP contribution in [0.1, 0.15) is 11.3 Å². The molecule has 98 valence electrons. The molecular weight excluding hydrogens is 328 g/mol. The minimum atomic E-state index is -0.0486. The van der Waals surface area contributed by atoms with E-state index < -0.39 is 0 Å². The lowest BCUT2D eigenvalue weighted by Crippen LogP contribution is -1.99. The summed E-state index contributed by atoms with van der Waals surface area (Å²) in [5.41, 5.74) is 1.63. The molecule has 2 heterocycles. The van der Waals surface area contributed by atoms with Gasteiger partial charge in [0, 0.05) is 27.8 Å². The predicted octanol–water partition coefficient (Wildman–Crippen LogP) is 3.23. The van der Waals surface area contributed by atoms with Crippen LogP contribution in [0.5, 0.6) is 5.75 Å². The first-order chi connectivity index (χ1) is 9.26. The molecule has 1 aromatic carbocycles. The Morgan fingerprint density at radius 2 is 2.32 bits per heavy atom. The number of hydrogen-bond acceptors (Lipinski definition) is 4. The largest absolute Gasteiger partial charge is 0.487 e. The molecule has 4 nitrogen and oxygen atoms in total. The highest BCUT2D eigenvalue weighted by Crippen LogP contribution is 2.24. The van der Waals surface area contributed by atoms with Gasteiger partial charge >= 0.3 is 0 Å². The molecule has 0 atom stereocenters. The normalized spacial score (nSPS) is 11.1. The molecule has 0 aliphatic rings. The molecule has 0 bridgehead atoms. The number of halogens is 1. The van der Waals surface area contributed by atoms with Crippen molar-refractivity contribution in [3.8, 4) is 5.75 Å². The van der Waals surface area contributed by atoms with Crippen LogP contribution < -0.4 is 4.74 Å². The van der Waals surface area contributed by atoms with Gasteiger partial charge in [0.25, 0.3) is 0 Å². The molecule has 2 aromatic heterocycles. The van der Waals surface area contributed by atoms with E-state index in [4.69, 9.17) is 4.74 Å². The molecule has 0 unspecified atom stereocenters. The fourth-order valence-electron chi connectivity index (χ4n) is 1.81. The van der Waals surface area contributed by atoms with E-state index in [0.29, 0.717) is 12.4 Å². The Morgan fingerprint density at radius 3 is 3.11 bits per heavy atom. The van der Waals surface area contributed by atoms with Crippen molar-refractivity contribution in [2.24, 2.45) is 0 Å². The lowest BCUT2D eigenvalue weighted by atomic mass is 10.2. The molecule has 0 aliphatic carbocycles. The zero-order valence-electron chi connectivity index (χ0n) is 9.91. The summed E-state index contributed by atoms with van der Waals surface area (Å²) < 4.78 is 8.61. The zero-order chi connectivity index (χ0) is 13.2. The minimum Gasteiger partial charge on any atom is -0.487 e. The van der Waals surface area contributed by atoms with Gasteiger partial charge in [-0.1, -0.05) is 15.9 Å². The second-order valence-corrected chi connectivity index (χ2v) is 5.81. The molecule has 0 aliphatic heterocycles. The van der Waals surface area contributed by atoms with Crippen molar-refractivity contribution in [3.05, 3.63) is 51.7 Å². The number of aromatic nitrogens is 2. The third-order valence-electron chi connectivity index (χ3n) is 2.71. The predicted molar refractivity (Wildman–Crippen MR) is 77.5 cm³/mol. The van der Waals surface area contributed by atoms with Gasteiger partial charge in [0.2, 0.25) is 0 Å². The van der Waals surface area contributed by atoms with Crippen molar-refractivity contribution in [1.29, 1.82) is 0 Å². The molecule has 3 rings (SSSR count). The number of nitrogens with zero attached hydrogens (tertiary/aromatic N) is 2. The molecule has 1 N–H and O–H groups in total. The van der Waals surface area contributed by atoms with Crippen molar-refractivity contribution in [2.75, 3.05) is 0 Å². The van der Waals surface area contributed by atoms with Crippen LogP contribution in [0.15, 0.2) is 40.4 Å². The maximum absolute atomic E-state index is 9.30. The first-order valence-corrected chi connectivity index (χ1v) is 7.36. The van der Waals surface area contributed by atoms with Crippen LogP contribution in [0.25, 0.3) is 4.96 Å². The Morgan fingerprint density at radius 1 is 1.42 bits per heavy atom. The highest BCUT2D eigenvalue weighted by atomic mass is 79.9. The molecule has 0 saturated carbocycles. The van der Waals surface area contributed by atoms with E-state index in [1.165, 1.54) is 0 Å². The molecule has 6 heteroatoms. The summed E-state index contributed by atoms with van der Waals surface area (Å²) >= 11 is 4.96.